The van der Waals surface area contributed by atoms with Gasteiger partial charge in [0, 0.05) is 24.0 Å². The molecule has 2 heterocycles. The number of halogens is 1. The van der Waals surface area contributed by atoms with Gasteiger partial charge >= 0.3 is 0 Å². The second-order valence-electron chi connectivity index (χ2n) is 4.80. The Hall–Kier alpha value is -2.38. The van der Waals surface area contributed by atoms with Gasteiger partial charge in [0.15, 0.2) is 10.9 Å². The minimum atomic E-state index is -0.273. The highest BCUT2D eigenvalue weighted by molar-refractivity contribution is 7.98. The van der Waals surface area contributed by atoms with Crippen molar-refractivity contribution in [3.05, 3.63) is 59.0 Å². The molecule has 0 fully saturated rings. The van der Waals surface area contributed by atoms with Gasteiger partial charge in [0.05, 0.1) is 17.1 Å². The van der Waals surface area contributed by atoms with E-state index in [2.05, 4.69) is 20.4 Å². The SMILES string of the molecule is CSc1ncc(C(=O)NCc2cc(-c3ccccc3Cl)on2)cn1. The van der Waals surface area contributed by atoms with E-state index in [9.17, 15) is 4.79 Å². The first-order valence-corrected chi connectivity index (χ1v) is 8.62. The van der Waals surface area contributed by atoms with Crippen molar-refractivity contribution in [3.8, 4) is 11.3 Å². The van der Waals surface area contributed by atoms with Gasteiger partial charge in [0.1, 0.15) is 5.69 Å². The minimum absolute atomic E-state index is 0.233. The van der Waals surface area contributed by atoms with Crippen LogP contribution in [0, 0.1) is 0 Å². The third kappa shape index (κ3) is 3.74. The molecule has 0 bridgehead atoms. The highest BCUT2D eigenvalue weighted by atomic mass is 35.5. The van der Waals surface area contributed by atoms with E-state index in [1.165, 1.54) is 24.2 Å². The van der Waals surface area contributed by atoms with E-state index in [1.807, 2.05) is 24.5 Å². The van der Waals surface area contributed by atoms with Crippen molar-refractivity contribution in [2.45, 2.75) is 11.7 Å². The van der Waals surface area contributed by atoms with Gasteiger partial charge in [-0.3, -0.25) is 4.79 Å². The number of aromatic nitrogens is 3. The molecule has 3 rings (SSSR count). The van der Waals surface area contributed by atoms with Crippen molar-refractivity contribution in [1.29, 1.82) is 0 Å². The lowest BCUT2D eigenvalue weighted by molar-refractivity contribution is 0.0949. The zero-order chi connectivity index (χ0) is 16.9. The summed E-state index contributed by atoms with van der Waals surface area (Å²) in [6.07, 6.45) is 4.86. The average Bonchev–Trinajstić information content (AvgIpc) is 3.09. The molecular formula is C16H13ClN4O2S. The number of carbonyl (C=O) groups excluding carboxylic acids is 1. The first-order valence-electron chi connectivity index (χ1n) is 7.02. The molecule has 8 heteroatoms. The summed E-state index contributed by atoms with van der Waals surface area (Å²) in [6.45, 7) is 0.233. The Balaban J connectivity index is 1.65. The topological polar surface area (TPSA) is 80.9 Å². The van der Waals surface area contributed by atoms with Crippen LogP contribution >= 0.6 is 23.4 Å². The van der Waals surface area contributed by atoms with E-state index in [1.54, 1.807) is 12.1 Å². The number of rotatable bonds is 5. The summed E-state index contributed by atoms with van der Waals surface area (Å²) in [6, 6.07) is 9.07. The predicted molar refractivity (Wildman–Crippen MR) is 91.9 cm³/mol. The van der Waals surface area contributed by atoms with Crippen LogP contribution in [0.2, 0.25) is 5.02 Å². The van der Waals surface area contributed by atoms with Gasteiger partial charge in [-0.25, -0.2) is 9.97 Å². The maximum absolute atomic E-state index is 12.1. The predicted octanol–water partition coefficient (Wildman–Crippen LogP) is 3.44. The number of thioether (sulfide) groups is 1. The molecule has 0 atom stereocenters. The molecule has 1 amide bonds. The maximum Gasteiger partial charge on any atom is 0.254 e. The van der Waals surface area contributed by atoms with Crippen molar-refractivity contribution in [3.63, 3.8) is 0 Å². The molecule has 0 aliphatic rings. The zero-order valence-corrected chi connectivity index (χ0v) is 14.3. The number of hydrogen-bond donors (Lipinski definition) is 1. The van der Waals surface area contributed by atoms with Crippen LogP contribution < -0.4 is 5.32 Å². The summed E-state index contributed by atoms with van der Waals surface area (Å²) < 4.78 is 5.29. The number of benzene rings is 1. The Kier molecular flexibility index (Phi) is 5.12. The Morgan fingerprint density at radius 1 is 1.29 bits per heavy atom. The van der Waals surface area contributed by atoms with E-state index in [0.717, 1.165) is 5.56 Å². The lowest BCUT2D eigenvalue weighted by Gasteiger charge is -2.02. The minimum Gasteiger partial charge on any atom is -0.356 e. The lowest BCUT2D eigenvalue weighted by atomic mass is 10.1. The van der Waals surface area contributed by atoms with Gasteiger partial charge in [-0.1, -0.05) is 40.7 Å². The highest BCUT2D eigenvalue weighted by Crippen LogP contribution is 2.27. The van der Waals surface area contributed by atoms with Crippen LogP contribution in [0.4, 0.5) is 0 Å². The third-order valence-corrected chi connectivity index (χ3v) is 4.11. The molecule has 1 N–H and O–H groups in total. The molecule has 24 heavy (non-hydrogen) atoms. The molecule has 6 nitrogen and oxygen atoms in total. The van der Waals surface area contributed by atoms with Crippen molar-refractivity contribution in [1.82, 2.24) is 20.4 Å². The quantitative estimate of drug-likeness (QED) is 0.554. The van der Waals surface area contributed by atoms with Crippen molar-refractivity contribution >= 4 is 29.3 Å². The molecule has 0 aliphatic carbocycles. The van der Waals surface area contributed by atoms with E-state index >= 15 is 0 Å². The molecular weight excluding hydrogens is 348 g/mol. The number of carbonyl (C=O) groups is 1. The molecule has 3 aromatic rings. The number of hydrogen-bond acceptors (Lipinski definition) is 6. The molecule has 0 unspecified atom stereocenters. The highest BCUT2D eigenvalue weighted by Gasteiger charge is 2.12. The van der Waals surface area contributed by atoms with Crippen LogP contribution in [0.1, 0.15) is 16.1 Å². The standard InChI is InChI=1S/C16H13ClN4O2S/c1-24-16-19-7-10(8-20-16)15(22)18-9-11-6-14(23-21-11)12-4-2-3-5-13(12)17/h2-8H,9H2,1H3,(H,18,22). The van der Waals surface area contributed by atoms with E-state index < -0.39 is 0 Å². The fourth-order valence-electron chi connectivity index (χ4n) is 1.99. The van der Waals surface area contributed by atoms with Crippen LogP contribution in [0.5, 0.6) is 0 Å². The molecule has 1 aromatic carbocycles. The molecule has 2 aromatic heterocycles. The molecule has 122 valence electrons. The summed E-state index contributed by atoms with van der Waals surface area (Å²) in [5.41, 5.74) is 1.74. The normalized spacial score (nSPS) is 10.6. The second kappa shape index (κ2) is 7.46. The summed E-state index contributed by atoms with van der Waals surface area (Å²) in [4.78, 5) is 20.2. The van der Waals surface area contributed by atoms with E-state index in [-0.39, 0.29) is 12.5 Å². The number of nitrogens with one attached hydrogen (secondary N) is 1. The molecule has 0 saturated carbocycles. The van der Waals surface area contributed by atoms with Crippen LogP contribution in [0.25, 0.3) is 11.3 Å². The monoisotopic (exact) mass is 360 g/mol. The Morgan fingerprint density at radius 3 is 2.75 bits per heavy atom. The summed E-state index contributed by atoms with van der Waals surface area (Å²) >= 11 is 7.54. The van der Waals surface area contributed by atoms with E-state index in [4.69, 9.17) is 16.1 Å². The van der Waals surface area contributed by atoms with Crippen LogP contribution in [0.15, 0.2) is 52.4 Å². The van der Waals surface area contributed by atoms with Gasteiger partial charge in [-0.2, -0.15) is 0 Å². The van der Waals surface area contributed by atoms with Crippen molar-refractivity contribution in [2.24, 2.45) is 0 Å². The Labute approximate surface area is 147 Å². The van der Waals surface area contributed by atoms with Crippen molar-refractivity contribution in [2.75, 3.05) is 6.26 Å². The second-order valence-corrected chi connectivity index (χ2v) is 5.98. The first kappa shape index (κ1) is 16.5. The maximum atomic E-state index is 12.1. The number of nitrogens with zero attached hydrogens (tertiary/aromatic N) is 3. The first-order chi connectivity index (χ1) is 11.7. The molecule has 0 saturated heterocycles. The summed E-state index contributed by atoms with van der Waals surface area (Å²) in [5, 5.41) is 7.89. The molecule has 0 radical (unpaired) electrons. The van der Waals surface area contributed by atoms with Gasteiger partial charge in [-0.05, 0) is 18.4 Å². The number of amides is 1. The van der Waals surface area contributed by atoms with Gasteiger partial charge in [-0.15, -0.1) is 0 Å². The Bertz CT molecular complexity index is 851. The van der Waals surface area contributed by atoms with E-state index in [0.29, 0.717) is 27.2 Å². The van der Waals surface area contributed by atoms with Crippen LogP contribution in [-0.2, 0) is 6.54 Å². The Morgan fingerprint density at radius 2 is 2.04 bits per heavy atom. The smallest absolute Gasteiger partial charge is 0.254 e. The van der Waals surface area contributed by atoms with Gasteiger partial charge in [0.2, 0.25) is 0 Å². The largest absolute Gasteiger partial charge is 0.356 e. The van der Waals surface area contributed by atoms with Gasteiger partial charge in [0.25, 0.3) is 5.91 Å². The van der Waals surface area contributed by atoms with Gasteiger partial charge < -0.3 is 9.84 Å². The average molecular weight is 361 g/mol. The fraction of sp³-hybridized carbons (Fsp3) is 0.125. The van der Waals surface area contributed by atoms with Crippen molar-refractivity contribution < 1.29 is 9.32 Å². The molecule has 0 spiro atoms. The van der Waals surface area contributed by atoms with Crippen LogP contribution in [-0.4, -0.2) is 27.3 Å². The van der Waals surface area contributed by atoms with Crippen LogP contribution in [0.3, 0.4) is 0 Å². The summed E-state index contributed by atoms with van der Waals surface area (Å²) in [7, 11) is 0. The lowest BCUT2D eigenvalue weighted by Crippen LogP contribution is -2.23. The third-order valence-electron chi connectivity index (χ3n) is 3.20. The summed E-state index contributed by atoms with van der Waals surface area (Å²) in [5.74, 6) is 0.280. The molecule has 0 aliphatic heterocycles. The fourth-order valence-corrected chi connectivity index (χ4v) is 2.54. The zero-order valence-electron chi connectivity index (χ0n) is 12.7.